The van der Waals surface area contributed by atoms with Crippen LogP contribution < -0.4 is 0 Å². The van der Waals surface area contributed by atoms with Gasteiger partial charge in [0.15, 0.2) is 0 Å². The summed E-state index contributed by atoms with van der Waals surface area (Å²) < 4.78 is 2.31. The molecule has 1 aliphatic carbocycles. The molecular formula is C29H41N. The summed E-state index contributed by atoms with van der Waals surface area (Å²) in [4.78, 5) is 0. The van der Waals surface area contributed by atoms with Crippen molar-refractivity contribution < 1.29 is 0 Å². The molecule has 1 aromatic heterocycles. The van der Waals surface area contributed by atoms with E-state index in [0.29, 0.717) is 0 Å². The molecule has 162 valence electrons. The smallest absolute Gasteiger partial charge is 0.0488 e. The molecular weight excluding hydrogens is 362 g/mol. The predicted molar refractivity (Wildman–Crippen MR) is 133 cm³/mol. The molecule has 1 unspecified atom stereocenters. The lowest BCUT2D eigenvalue weighted by atomic mass is 9.83. The van der Waals surface area contributed by atoms with Gasteiger partial charge in [0, 0.05) is 23.6 Å². The fourth-order valence-electron chi connectivity index (χ4n) is 4.71. The zero-order valence-electron chi connectivity index (χ0n) is 19.7. The van der Waals surface area contributed by atoms with E-state index in [4.69, 9.17) is 0 Å². The van der Waals surface area contributed by atoms with E-state index in [-0.39, 0.29) is 0 Å². The van der Waals surface area contributed by atoms with Crippen LogP contribution in [0.15, 0.2) is 54.6 Å². The van der Waals surface area contributed by atoms with Crippen LogP contribution in [0.5, 0.6) is 0 Å². The van der Waals surface area contributed by atoms with E-state index in [1.165, 1.54) is 85.5 Å². The van der Waals surface area contributed by atoms with Crippen LogP contribution in [0.25, 0.3) is 22.2 Å². The molecule has 1 heterocycles. The molecule has 0 saturated heterocycles. The molecule has 2 aromatic carbocycles. The number of hydrogen-bond acceptors (Lipinski definition) is 0. The third-order valence-corrected chi connectivity index (χ3v) is 6.96. The summed E-state index contributed by atoms with van der Waals surface area (Å²) >= 11 is 0. The first-order chi connectivity index (χ1) is 14.6. The number of fused-ring (bicyclic) bond motifs is 1. The normalized spacial score (nSPS) is 15.6. The molecule has 1 aliphatic rings. The quantitative estimate of drug-likeness (QED) is 0.386. The van der Waals surface area contributed by atoms with Crippen LogP contribution in [-0.4, -0.2) is 4.57 Å². The third-order valence-electron chi connectivity index (χ3n) is 6.96. The SMILES string of the molecule is CCCCC(C)CC.Cn1c(-c2cccc(C3CCCCC3)c2)cc2ccccc21. The van der Waals surface area contributed by atoms with Gasteiger partial charge in [0.1, 0.15) is 0 Å². The number of para-hydroxylation sites is 1. The number of rotatable bonds is 6. The summed E-state index contributed by atoms with van der Waals surface area (Å²) in [5.74, 6) is 1.72. The zero-order valence-corrected chi connectivity index (χ0v) is 19.7. The maximum atomic E-state index is 2.42. The summed E-state index contributed by atoms with van der Waals surface area (Å²) in [5.41, 5.74) is 5.50. The summed E-state index contributed by atoms with van der Waals surface area (Å²) in [7, 11) is 2.17. The van der Waals surface area contributed by atoms with Gasteiger partial charge < -0.3 is 4.57 Å². The molecule has 1 heteroatoms. The Morgan fingerprint density at radius 2 is 1.70 bits per heavy atom. The first kappa shape index (κ1) is 22.7. The summed E-state index contributed by atoms with van der Waals surface area (Å²) in [6.45, 7) is 6.85. The fraction of sp³-hybridized carbons (Fsp3) is 0.517. The second kappa shape index (κ2) is 11.4. The van der Waals surface area contributed by atoms with E-state index in [0.717, 1.165) is 11.8 Å². The number of aromatic nitrogens is 1. The maximum Gasteiger partial charge on any atom is 0.0488 e. The van der Waals surface area contributed by atoms with E-state index in [1.54, 1.807) is 0 Å². The Morgan fingerprint density at radius 3 is 2.40 bits per heavy atom. The molecule has 30 heavy (non-hydrogen) atoms. The third kappa shape index (κ3) is 5.78. The number of hydrogen-bond donors (Lipinski definition) is 0. The van der Waals surface area contributed by atoms with Crippen LogP contribution in [0.1, 0.15) is 90.0 Å². The molecule has 0 bridgehead atoms. The van der Waals surface area contributed by atoms with Gasteiger partial charge >= 0.3 is 0 Å². The average molecular weight is 404 g/mol. The Bertz CT molecular complexity index is 898. The molecule has 3 aromatic rings. The lowest BCUT2D eigenvalue weighted by Gasteiger charge is -2.22. The lowest BCUT2D eigenvalue weighted by molar-refractivity contribution is 0.443. The molecule has 0 amide bonds. The highest BCUT2D eigenvalue weighted by Crippen LogP contribution is 2.35. The minimum absolute atomic E-state index is 0.767. The standard InChI is InChI=1S/C21H23N.C8H18/c1-22-20-13-6-5-10-19(20)15-21(22)18-12-7-11-17(14-18)16-8-3-2-4-9-16;1-4-6-7-8(3)5-2/h5-7,10-16H,2-4,8-9H2,1H3;8H,4-7H2,1-3H3. The van der Waals surface area contributed by atoms with Gasteiger partial charge in [0.25, 0.3) is 0 Å². The van der Waals surface area contributed by atoms with Crippen molar-refractivity contribution in [3.05, 3.63) is 60.2 Å². The van der Waals surface area contributed by atoms with Gasteiger partial charge in [-0.05, 0) is 54.0 Å². The van der Waals surface area contributed by atoms with E-state index < -0.39 is 0 Å². The van der Waals surface area contributed by atoms with E-state index in [9.17, 15) is 0 Å². The number of aryl methyl sites for hydroxylation is 1. The molecule has 0 N–H and O–H groups in total. The van der Waals surface area contributed by atoms with Crippen molar-refractivity contribution in [1.29, 1.82) is 0 Å². The average Bonchev–Trinajstić information content (AvgIpc) is 3.15. The molecule has 1 saturated carbocycles. The van der Waals surface area contributed by atoms with Crippen LogP contribution in [0.4, 0.5) is 0 Å². The van der Waals surface area contributed by atoms with E-state index in [1.807, 2.05) is 0 Å². The Morgan fingerprint density at radius 1 is 0.933 bits per heavy atom. The van der Waals surface area contributed by atoms with E-state index >= 15 is 0 Å². The van der Waals surface area contributed by atoms with Crippen LogP contribution in [0.2, 0.25) is 0 Å². The minimum atomic E-state index is 0.767. The highest BCUT2D eigenvalue weighted by molar-refractivity contribution is 5.87. The second-order valence-corrected chi connectivity index (χ2v) is 9.26. The summed E-state index contributed by atoms with van der Waals surface area (Å²) in [5, 5.41) is 1.32. The van der Waals surface area contributed by atoms with Crippen molar-refractivity contribution in [3.8, 4) is 11.3 Å². The van der Waals surface area contributed by atoms with Gasteiger partial charge in [-0.15, -0.1) is 0 Å². The molecule has 1 nitrogen and oxygen atoms in total. The van der Waals surface area contributed by atoms with Crippen molar-refractivity contribution in [2.45, 2.75) is 84.5 Å². The highest BCUT2D eigenvalue weighted by Gasteiger charge is 2.16. The second-order valence-electron chi connectivity index (χ2n) is 9.26. The van der Waals surface area contributed by atoms with Crippen molar-refractivity contribution in [3.63, 3.8) is 0 Å². The lowest BCUT2D eigenvalue weighted by Crippen LogP contribution is -2.04. The van der Waals surface area contributed by atoms with Crippen molar-refractivity contribution in [1.82, 2.24) is 4.57 Å². The Labute approximate surface area is 184 Å². The van der Waals surface area contributed by atoms with Crippen LogP contribution in [-0.2, 0) is 7.05 Å². The van der Waals surface area contributed by atoms with Gasteiger partial charge in [-0.1, -0.05) is 102 Å². The monoisotopic (exact) mass is 403 g/mol. The maximum absolute atomic E-state index is 2.42. The molecule has 1 fully saturated rings. The van der Waals surface area contributed by atoms with Gasteiger partial charge in [0.2, 0.25) is 0 Å². The van der Waals surface area contributed by atoms with E-state index in [2.05, 4.69) is 87.0 Å². The Kier molecular flexibility index (Phi) is 8.61. The van der Waals surface area contributed by atoms with Gasteiger partial charge in [-0.25, -0.2) is 0 Å². The molecule has 1 atom stereocenters. The first-order valence-corrected chi connectivity index (χ1v) is 12.3. The summed E-state index contributed by atoms with van der Waals surface area (Å²) in [6.07, 6.45) is 12.5. The molecule has 4 rings (SSSR count). The van der Waals surface area contributed by atoms with Crippen LogP contribution in [0.3, 0.4) is 0 Å². The molecule has 0 spiro atoms. The van der Waals surface area contributed by atoms with Gasteiger partial charge in [-0.3, -0.25) is 0 Å². The number of benzene rings is 2. The Balaban J connectivity index is 0.000000275. The van der Waals surface area contributed by atoms with Crippen molar-refractivity contribution >= 4 is 10.9 Å². The number of unbranched alkanes of at least 4 members (excludes halogenated alkanes) is 1. The highest BCUT2D eigenvalue weighted by atomic mass is 14.9. The summed E-state index contributed by atoms with van der Waals surface area (Å²) in [6, 6.07) is 20.2. The fourth-order valence-corrected chi connectivity index (χ4v) is 4.71. The molecule has 0 aliphatic heterocycles. The predicted octanol–water partition coefficient (Wildman–Crippen LogP) is 9.12. The minimum Gasteiger partial charge on any atom is -0.344 e. The van der Waals surface area contributed by atoms with Gasteiger partial charge in [0.05, 0.1) is 0 Å². The van der Waals surface area contributed by atoms with Crippen LogP contribution >= 0.6 is 0 Å². The molecule has 0 radical (unpaired) electrons. The largest absolute Gasteiger partial charge is 0.344 e. The zero-order chi connectivity index (χ0) is 21.3. The van der Waals surface area contributed by atoms with Crippen molar-refractivity contribution in [2.24, 2.45) is 13.0 Å². The van der Waals surface area contributed by atoms with Gasteiger partial charge in [-0.2, -0.15) is 0 Å². The topological polar surface area (TPSA) is 4.93 Å². The van der Waals surface area contributed by atoms with Crippen LogP contribution in [0, 0.1) is 5.92 Å². The Hall–Kier alpha value is -2.02. The number of nitrogens with zero attached hydrogens (tertiary/aromatic N) is 1. The van der Waals surface area contributed by atoms with Crippen molar-refractivity contribution in [2.75, 3.05) is 0 Å². The first-order valence-electron chi connectivity index (χ1n) is 12.3.